The first-order chi connectivity index (χ1) is 9.60. The Morgan fingerprint density at radius 2 is 2.00 bits per heavy atom. The van der Waals surface area contributed by atoms with E-state index in [1.807, 2.05) is 31.2 Å². The molecular weight excluding hydrogens is 252 g/mol. The fraction of sp³-hybridized carbons (Fsp3) is 0.500. The summed E-state index contributed by atoms with van der Waals surface area (Å²) in [7, 11) is 1.68. The molecule has 1 N–H and O–H groups in total. The lowest BCUT2D eigenvalue weighted by Crippen LogP contribution is -2.41. The van der Waals surface area contributed by atoms with Gasteiger partial charge in [-0.15, -0.1) is 0 Å². The molecule has 0 saturated carbocycles. The maximum atomic E-state index is 12.2. The molecule has 1 fully saturated rings. The standard InChI is InChI=1S/C16H22N2O2/c1-12-4-3-5-14(10-12)15(19)11-18-8-6-13(7-9-18)16(20)17-2/h3-5,10,13H,6-9,11H2,1-2H3,(H,17,20). The Morgan fingerprint density at radius 3 is 2.60 bits per heavy atom. The van der Waals surface area contributed by atoms with Crippen molar-refractivity contribution in [2.24, 2.45) is 5.92 Å². The van der Waals surface area contributed by atoms with Crippen LogP contribution in [0.3, 0.4) is 0 Å². The van der Waals surface area contributed by atoms with Crippen LogP contribution >= 0.6 is 0 Å². The average molecular weight is 274 g/mol. The van der Waals surface area contributed by atoms with E-state index < -0.39 is 0 Å². The van der Waals surface area contributed by atoms with E-state index in [1.165, 1.54) is 0 Å². The Morgan fingerprint density at radius 1 is 1.30 bits per heavy atom. The zero-order chi connectivity index (χ0) is 14.5. The summed E-state index contributed by atoms with van der Waals surface area (Å²) in [5, 5.41) is 2.70. The third kappa shape index (κ3) is 3.67. The van der Waals surface area contributed by atoms with Crippen LogP contribution in [0.5, 0.6) is 0 Å². The Labute approximate surface area is 120 Å². The van der Waals surface area contributed by atoms with Crippen molar-refractivity contribution in [3.63, 3.8) is 0 Å². The number of amides is 1. The summed E-state index contributed by atoms with van der Waals surface area (Å²) in [5.41, 5.74) is 1.88. The van der Waals surface area contributed by atoms with Gasteiger partial charge >= 0.3 is 0 Å². The summed E-state index contributed by atoms with van der Waals surface area (Å²) >= 11 is 0. The van der Waals surface area contributed by atoms with Crippen LogP contribution in [0.4, 0.5) is 0 Å². The molecule has 2 rings (SSSR count). The van der Waals surface area contributed by atoms with E-state index in [2.05, 4.69) is 10.2 Å². The molecule has 1 aliphatic rings. The van der Waals surface area contributed by atoms with Crippen LogP contribution in [-0.2, 0) is 4.79 Å². The SMILES string of the molecule is CNC(=O)C1CCN(CC(=O)c2cccc(C)c2)CC1. The Hall–Kier alpha value is -1.68. The summed E-state index contributed by atoms with van der Waals surface area (Å²) in [6.45, 7) is 4.07. The third-order valence-electron chi connectivity index (χ3n) is 3.91. The first-order valence-electron chi connectivity index (χ1n) is 7.14. The fourth-order valence-electron chi connectivity index (χ4n) is 2.67. The van der Waals surface area contributed by atoms with Crippen molar-refractivity contribution in [3.05, 3.63) is 35.4 Å². The molecule has 0 radical (unpaired) electrons. The Bertz CT molecular complexity index is 491. The van der Waals surface area contributed by atoms with Crippen LogP contribution in [0.15, 0.2) is 24.3 Å². The highest BCUT2D eigenvalue weighted by molar-refractivity contribution is 5.97. The van der Waals surface area contributed by atoms with E-state index in [0.717, 1.165) is 37.1 Å². The van der Waals surface area contributed by atoms with E-state index >= 15 is 0 Å². The highest BCUT2D eigenvalue weighted by Crippen LogP contribution is 2.17. The molecule has 0 atom stereocenters. The highest BCUT2D eigenvalue weighted by atomic mass is 16.1. The number of nitrogens with one attached hydrogen (secondary N) is 1. The minimum Gasteiger partial charge on any atom is -0.359 e. The van der Waals surface area contributed by atoms with Gasteiger partial charge in [-0.2, -0.15) is 0 Å². The van der Waals surface area contributed by atoms with Gasteiger partial charge in [0, 0.05) is 18.5 Å². The average Bonchev–Trinajstić information content (AvgIpc) is 2.47. The molecule has 0 unspecified atom stereocenters. The maximum Gasteiger partial charge on any atom is 0.222 e. The number of rotatable bonds is 4. The second-order valence-electron chi connectivity index (χ2n) is 5.46. The molecule has 4 heteroatoms. The normalized spacial score (nSPS) is 16.9. The summed E-state index contributed by atoms with van der Waals surface area (Å²) in [6.07, 6.45) is 1.67. The van der Waals surface area contributed by atoms with Crippen LogP contribution < -0.4 is 5.32 Å². The molecule has 1 aromatic rings. The van der Waals surface area contributed by atoms with Gasteiger partial charge in [-0.25, -0.2) is 0 Å². The van der Waals surface area contributed by atoms with Gasteiger partial charge in [-0.1, -0.05) is 23.8 Å². The fourth-order valence-corrected chi connectivity index (χ4v) is 2.67. The van der Waals surface area contributed by atoms with Gasteiger partial charge in [0.25, 0.3) is 0 Å². The number of benzene rings is 1. The minimum atomic E-state index is 0.102. The lowest BCUT2D eigenvalue weighted by atomic mass is 9.95. The molecule has 108 valence electrons. The maximum absolute atomic E-state index is 12.2. The number of carbonyl (C=O) groups is 2. The van der Waals surface area contributed by atoms with E-state index in [4.69, 9.17) is 0 Å². The van der Waals surface area contributed by atoms with E-state index in [-0.39, 0.29) is 17.6 Å². The van der Waals surface area contributed by atoms with E-state index in [9.17, 15) is 9.59 Å². The summed E-state index contributed by atoms with van der Waals surface area (Å²) in [4.78, 5) is 25.9. The second-order valence-corrected chi connectivity index (χ2v) is 5.46. The van der Waals surface area contributed by atoms with Gasteiger partial charge in [-0.05, 0) is 38.9 Å². The minimum absolute atomic E-state index is 0.102. The van der Waals surface area contributed by atoms with Crippen LogP contribution in [0.1, 0.15) is 28.8 Å². The van der Waals surface area contributed by atoms with Gasteiger partial charge < -0.3 is 5.32 Å². The van der Waals surface area contributed by atoms with Crippen molar-refractivity contribution >= 4 is 11.7 Å². The first kappa shape index (κ1) is 14.7. The molecule has 4 nitrogen and oxygen atoms in total. The van der Waals surface area contributed by atoms with Crippen molar-refractivity contribution in [1.29, 1.82) is 0 Å². The number of hydrogen-bond acceptors (Lipinski definition) is 3. The zero-order valence-corrected chi connectivity index (χ0v) is 12.2. The molecule has 1 heterocycles. The lowest BCUT2D eigenvalue weighted by Gasteiger charge is -2.30. The zero-order valence-electron chi connectivity index (χ0n) is 12.2. The molecule has 0 aliphatic carbocycles. The van der Waals surface area contributed by atoms with Gasteiger partial charge in [0.2, 0.25) is 5.91 Å². The molecule has 1 aromatic carbocycles. The Balaban J connectivity index is 1.86. The first-order valence-corrected chi connectivity index (χ1v) is 7.14. The summed E-state index contributed by atoms with van der Waals surface area (Å²) < 4.78 is 0. The van der Waals surface area contributed by atoms with Crippen LogP contribution in [0, 0.1) is 12.8 Å². The summed E-state index contributed by atoms with van der Waals surface area (Å²) in [5.74, 6) is 0.382. The number of aryl methyl sites for hydroxylation is 1. The van der Waals surface area contributed by atoms with Gasteiger partial charge in [0.05, 0.1) is 6.54 Å². The monoisotopic (exact) mass is 274 g/mol. The number of nitrogens with zero attached hydrogens (tertiary/aromatic N) is 1. The van der Waals surface area contributed by atoms with Crippen molar-refractivity contribution in [1.82, 2.24) is 10.2 Å². The smallest absolute Gasteiger partial charge is 0.222 e. The van der Waals surface area contributed by atoms with Crippen molar-refractivity contribution in [2.45, 2.75) is 19.8 Å². The highest BCUT2D eigenvalue weighted by Gasteiger charge is 2.25. The van der Waals surface area contributed by atoms with Crippen LogP contribution in [0.25, 0.3) is 0 Å². The van der Waals surface area contributed by atoms with Crippen molar-refractivity contribution in [2.75, 3.05) is 26.7 Å². The quantitative estimate of drug-likeness (QED) is 0.849. The predicted octanol–water partition coefficient (Wildman–Crippen LogP) is 1.64. The molecule has 0 bridgehead atoms. The van der Waals surface area contributed by atoms with Crippen LogP contribution in [0.2, 0.25) is 0 Å². The largest absolute Gasteiger partial charge is 0.359 e. The number of ketones is 1. The van der Waals surface area contributed by atoms with Crippen molar-refractivity contribution < 1.29 is 9.59 Å². The number of hydrogen-bond donors (Lipinski definition) is 1. The molecule has 0 aromatic heterocycles. The van der Waals surface area contributed by atoms with Crippen LogP contribution in [-0.4, -0.2) is 43.3 Å². The van der Waals surface area contributed by atoms with E-state index in [0.29, 0.717) is 6.54 Å². The lowest BCUT2D eigenvalue weighted by molar-refractivity contribution is -0.125. The number of carbonyl (C=O) groups excluding carboxylic acids is 2. The van der Waals surface area contributed by atoms with Crippen molar-refractivity contribution in [3.8, 4) is 0 Å². The van der Waals surface area contributed by atoms with Gasteiger partial charge in [0.15, 0.2) is 5.78 Å². The number of piperidine rings is 1. The molecule has 20 heavy (non-hydrogen) atoms. The van der Waals surface area contributed by atoms with Gasteiger partial charge in [-0.3, -0.25) is 14.5 Å². The molecule has 1 saturated heterocycles. The van der Waals surface area contributed by atoms with Gasteiger partial charge in [0.1, 0.15) is 0 Å². The van der Waals surface area contributed by atoms with E-state index in [1.54, 1.807) is 7.05 Å². The molecule has 1 amide bonds. The Kier molecular flexibility index (Phi) is 4.90. The predicted molar refractivity (Wildman–Crippen MR) is 78.7 cm³/mol. The number of likely N-dealkylation sites (tertiary alicyclic amines) is 1. The number of Topliss-reactive ketones (excluding diaryl/α,β-unsaturated/α-hetero) is 1. The molecular formula is C16H22N2O2. The second kappa shape index (κ2) is 6.66. The third-order valence-corrected chi connectivity index (χ3v) is 3.91. The topological polar surface area (TPSA) is 49.4 Å². The molecule has 0 spiro atoms. The summed E-state index contributed by atoms with van der Waals surface area (Å²) in [6, 6.07) is 7.71. The molecule has 1 aliphatic heterocycles.